The summed E-state index contributed by atoms with van der Waals surface area (Å²) in [6.07, 6.45) is 2.34. The Bertz CT molecular complexity index is 322. The largest absolute Gasteiger partial charge is 0.463 e. The Morgan fingerprint density at radius 1 is 1.25 bits per heavy atom. The fraction of sp³-hybridized carbons (Fsp3) is 0.417. The van der Waals surface area contributed by atoms with Gasteiger partial charge in [-0.3, -0.25) is 4.79 Å². The van der Waals surface area contributed by atoms with Crippen molar-refractivity contribution in [1.29, 1.82) is 0 Å². The standard InChI is InChI=1S/C12H16O3S/c1-14-7-8-15-12(13)9-10-3-5-11(16-2)6-4-10/h3-6H,7-9H2,1-2H3. The van der Waals surface area contributed by atoms with Gasteiger partial charge in [0.15, 0.2) is 0 Å². The molecule has 0 saturated heterocycles. The zero-order valence-corrected chi connectivity index (χ0v) is 10.4. The molecular formula is C12H16O3S. The summed E-state index contributed by atoms with van der Waals surface area (Å²) in [6, 6.07) is 7.90. The van der Waals surface area contributed by atoms with Crippen LogP contribution in [0.25, 0.3) is 0 Å². The Morgan fingerprint density at radius 3 is 2.50 bits per heavy atom. The van der Waals surface area contributed by atoms with Crippen LogP contribution in [-0.2, 0) is 20.7 Å². The highest BCUT2D eigenvalue weighted by atomic mass is 32.2. The van der Waals surface area contributed by atoms with E-state index in [9.17, 15) is 4.79 Å². The lowest BCUT2D eigenvalue weighted by molar-refractivity contribution is -0.144. The van der Waals surface area contributed by atoms with E-state index in [0.717, 1.165) is 5.56 Å². The molecule has 0 aromatic heterocycles. The van der Waals surface area contributed by atoms with Crippen molar-refractivity contribution in [3.63, 3.8) is 0 Å². The molecule has 0 fully saturated rings. The first kappa shape index (κ1) is 13.1. The lowest BCUT2D eigenvalue weighted by Gasteiger charge is -2.04. The van der Waals surface area contributed by atoms with E-state index >= 15 is 0 Å². The van der Waals surface area contributed by atoms with Crippen LogP contribution in [0.1, 0.15) is 5.56 Å². The Balaban J connectivity index is 2.37. The van der Waals surface area contributed by atoms with Gasteiger partial charge in [-0.15, -0.1) is 11.8 Å². The van der Waals surface area contributed by atoms with Gasteiger partial charge >= 0.3 is 5.97 Å². The molecule has 1 aromatic carbocycles. The summed E-state index contributed by atoms with van der Waals surface area (Å²) >= 11 is 1.68. The Kier molecular flexibility index (Phi) is 5.96. The maximum atomic E-state index is 11.4. The molecule has 0 bridgehead atoms. The van der Waals surface area contributed by atoms with Gasteiger partial charge in [0.05, 0.1) is 13.0 Å². The van der Waals surface area contributed by atoms with Gasteiger partial charge in [-0.05, 0) is 24.0 Å². The fourth-order valence-electron chi connectivity index (χ4n) is 1.20. The van der Waals surface area contributed by atoms with Gasteiger partial charge in [0, 0.05) is 12.0 Å². The van der Waals surface area contributed by atoms with E-state index < -0.39 is 0 Å². The summed E-state index contributed by atoms with van der Waals surface area (Å²) in [5, 5.41) is 0. The highest BCUT2D eigenvalue weighted by Crippen LogP contribution is 2.15. The van der Waals surface area contributed by atoms with Gasteiger partial charge in [0.2, 0.25) is 0 Å². The van der Waals surface area contributed by atoms with Crippen LogP contribution in [0.2, 0.25) is 0 Å². The summed E-state index contributed by atoms with van der Waals surface area (Å²) in [7, 11) is 1.58. The molecule has 88 valence electrons. The molecule has 0 unspecified atom stereocenters. The van der Waals surface area contributed by atoms with Gasteiger partial charge < -0.3 is 9.47 Å². The molecule has 0 aliphatic heterocycles. The van der Waals surface area contributed by atoms with E-state index in [1.54, 1.807) is 18.9 Å². The molecule has 3 nitrogen and oxygen atoms in total. The molecule has 16 heavy (non-hydrogen) atoms. The SMILES string of the molecule is COCCOC(=O)Cc1ccc(SC)cc1. The van der Waals surface area contributed by atoms with Crippen molar-refractivity contribution >= 4 is 17.7 Å². The van der Waals surface area contributed by atoms with Gasteiger partial charge in [-0.25, -0.2) is 0 Å². The van der Waals surface area contributed by atoms with Crippen LogP contribution in [0.4, 0.5) is 0 Å². The molecule has 0 radical (unpaired) electrons. The summed E-state index contributed by atoms with van der Waals surface area (Å²) in [5.41, 5.74) is 0.972. The third-order valence-corrected chi connectivity index (χ3v) is 2.80. The predicted octanol–water partition coefficient (Wildman–Crippen LogP) is 2.14. The molecule has 0 aliphatic carbocycles. The molecule has 4 heteroatoms. The Hall–Kier alpha value is -1.00. The van der Waals surface area contributed by atoms with Gasteiger partial charge in [0.25, 0.3) is 0 Å². The lowest BCUT2D eigenvalue weighted by atomic mass is 10.1. The summed E-state index contributed by atoms with van der Waals surface area (Å²) in [5.74, 6) is -0.214. The number of ether oxygens (including phenoxy) is 2. The zero-order valence-electron chi connectivity index (χ0n) is 9.56. The number of rotatable bonds is 6. The van der Waals surface area contributed by atoms with Crippen LogP contribution < -0.4 is 0 Å². The average Bonchev–Trinajstić information content (AvgIpc) is 2.30. The Labute approximate surface area is 100 Å². The Morgan fingerprint density at radius 2 is 1.94 bits per heavy atom. The van der Waals surface area contributed by atoms with Crippen molar-refractivity contribution in [3.05, 3.63) is 29.8 Å². The first-order chi connectivity index (χ1) is 7.76. The highest BCUT2D eigenvalue weighted by molar-refractivity contribution is 7.98. The van der Waals surface area contributed by atoms with E-state index in [-0.39, 0.29) is 5.97 Å². The van der Waals surface area contributed by atoms with Gasteiger partial charge in [-0.2, -0.15) is 0 Å². The van der Waals surface area contributed by atoms with E-state index in [1.807, 2.05) is 30.5 Å². The quantitative estimate of drug-likeness (QED) is 0.433. The van der Waals surface area contributed by atoms with Crippen molar-refractivity contribution in [3.8, 4) is 0 Å². The second-order valence-electron chi connectivity index (χ2n) is 3.24. The molecule has 0 amide bonds. The number of esters is 1. The molecular weight excluding hydrogens is 224 g/mol. The van der Waals surface area contributed by atoms with Crippen LogP contribution >= 0.6 is 11.8 Å². The van der Waals surface area contributed by atoms with Gasteiger partial charge in [-0.1, -0.05) is 12.1 Å². The van der Waals surface area contributed by atoms with Crippen molar-refractivity contribution in [1.82, 2.24) is 0 Å². The fourth-order valence-corrected chi connectivity index (χ4v) is 1.61. The van der Waals surface area contributed by atoms with Crippen LogP contribution in [0.5, 0.6) is 0 Å². The third-order valence-electron chi connectivity index (χ3n) is 2.06. The van der Waals surface area contributed by atoms with Crippen LogP contribution in [0.3, 0.4) is 0 Å². The molecule has 0 atom stereocenters. The smallest absolute Gasteiger partial charge is 0.310 e. The minimum atomic E-state index is -0.214. The monoisotopic (exact) mass is 240 g/mol. The first-order valence-electron chi connectivity index (χ1n) is 5.03. The topological polar surface area (TPSA) is 35.5 Å². The van der Waals surface area contributed by atoms with Crippen molar-refractivity contribution in [2.24, 2.45) is 0 Å². The lowest BCUT2D eigenvalue weighted by Crippen LogP contribution is -2.11. The first-order valence-corrected chi connectivity index (χ1v) is 6.26. The normalized spacial score (nSPS) is 10.1. The minimum Gasteiger partial charge on any atom is -0.463 e. The number of methoxy groups -OCH3 is 1. The zero-order chi connectivity index (χ0) is 11.8. The van der Waals surface area contributed by atoms with Crippen molar-refractivity contribution in [2.75, 3.05) is 26.6 Å². The average molecular weight is 240 g/mol. The van der Waals surface area contributed by atoms with E-state index in [0.29, 0.717) is 19.6 Å². The summed E-state index contributed by atoms with van der Waals surface area (Å²) < 4.78 is 9.77. The number of benzene rings is 1. The predicted molar refractivity (Wildman–Crippen MR) is 64.8 cm³/mol. The molecule has 1 rings (SSSR count). The number of carbonyl (C=O) groups excluding carboxylic acids is 1. The molecule has 0 N–H and O–H groups in total. The third kappa shape index (κ3) is 4.68. The summed E-state index contributed by atoms with van der Waals surface area (Å²) in [4.78, 5) is 12.5. The molecule has 0 heterocycles. The minimum absolute atomic E-state index is 0.214. The maximum absolute atomic E-state index is 11.4. The van der Waals surface area contributed by atoms with Crippen LogP contribution in [0.15, 0.2) is 29.2 Å². The van der Waals surface area contributed by atoms with Crippen molar-refractivity contribution < 1.29 is 14.3 Å². The number of hydrogen-bond donors (Lipinski definition) is 0. The maximum Gasteiger partial charge on any atom is 0.310 e. The molecule has 0 saturated carbocycles. The number of thioether (sulfide) groups is 1. The van der Waals surface area contributed by atoms with Crippen molar-refractivity contribution in [2.45, 2.75) is 11.3 Å². The molecule has 0 aliphatic rings. The molecule has 1 aromatic rings. The molecule has 0 spiro atoms. The van der Waals surface area contributed by atoms with E-state index in [1.165, 1.54) is 4.90 Å². The van der Waals surface area contributed by atoms with Gasteiger partial charge in [0.1, 0.15) is 6.61 Å². The second kappa shape index (κ2) is 7.30. The van der Waals surface area contributed by atoms with Crippen LogP contribution in [0, 0.1) is 0 Å². The second-order valence-corrected chi connectivity index (χ2v) is 4.12. The summed E-state index contributed by atoms with van der Waals surface area (Å²) in [6.45, 7) is 0.759. The highest BCUT2D eigenvalue weighted by Gasteiger charge is 2.04. The number of hydrogen-bond acceptors (Lipinski definition) is 4. The van der Waals surface area contributed by atoms with E-state index in [4.69, 9.17) is 9.47 Å². The number of carbonyl (C=O) groups is 1. The van der Waals surface area contributed by atoms with Crippen LogP contribution in [-0.4, -0.2) is 32.5 Å². The van der Waals surface area contributed by atoms with E-state index in [2.05, 4.69) is 0 Å².